The summed E-state index contributed by atoms with van der Waals surface area (Å²) in [4.78, 5) is 11.7. The van der Waals surface area contributed by atoms with Gasteiger partial charge in [0.15, 0.2) is 6.61 Å². The summed E-state index contributed by atoms with van der Waals surface area (Å²) in [5.74, 6) is 0.524. The van der Waals surface area contributed by atoms with E-state index in [0.717, 1.165) is 23.1 Å². The van der Waals surface area contributed by atoms with E-state index in [-0.39, 0.29) is 18.6 Å². The highest BCUT2D eigenvalue weighted by Gasteiger charge is 2.08. The van der Waals surface area contributed by atoms with Gasteiger partial charge in [-0.1, -0.05) is 22.9 Å². The lowest BCUT2D eigenvalue weighted by molar-refractivity contribution is -0.124. The van der Waals surface area contributed by atoms with Gasteiger partial charge >= 0.3 is 0 Å². The molecule has 0 saturated heterocycles. The second-order valence-corrected chi connectivity index (χ2v) is 5.60. The molecule has 6 heteroatoms. The van der Waals surface area contributed by atoms with Gasteiger partial charge in [-0.15, -0.1) is 0 Å². The van der Waals surface area contributed by atoms with Crippen molar-refractivity contribution in [2.45, 2.75) is 26.4 Å². The Kier molecular flexibility index (Phi) is 8.34. The van der Waals surface area contributed by atoms with Crippen LogP contribution in [-0.2, 0) is 16.1 Å². The van der Waals surface area contributed by atoms with Gasteiger partial charge < -0.3 is 20.1 Å². The molecule has 0 aliphatic rings. The number of halogens is 1. The quantitative estimate of drug-likeness (QED) is 0.709. The van der Waals surface area contributed by atoms with Gasteiger partial charge in [0.2, 0.25) is 0 Å². The van der Waals surface area contributed by atoms with E-state index < -0.39 is 0 Å². The van der Waals surface area contributed by atoms with E-state index in [0.29, 0.717) is 12.4 Å². The fourth-order valence-electron chi connectivity index (χ4n) is 1.79. The number of rotatable bonds is 9. The molecule has 0 aliphatic carbocycles. The van der Waals surface area contributed by atoms with Crippen LogP contribution in [0, 0.1) is 0 Å². The Labute approximate surface area is 134 Å². The second-order valence-electron chi connectivity index (χ2n) is 4.75. The van der Waals surface area contributed by atoms with Crippen LogP contribution in [0.5, 0.6) is 5.75 Å². The van der Waals surface area contributed by atoms with Crippen molar-refractivity contribution in [3.05, 3.63) is 28.2 Å². The number of hydrogen-bond acceptors (Lipinski definition) is 4. The molecule has 1 amide bonds. The first-order valence-electron chi connectivity index (χ1n) is 6.97. The van der Waals surface area contributed by atoms with Crippen molar-refractivity contribution >= 4 is 21.8 Å². The lowest BCUT2D eigenvalue weighted by Crippen LogP contribution is -2.38. The second kappa shape index (κ2) is 9.76. The maximum absolute atomic E-state index is 11.7. The largest absolute Gasteiger partial charge is 0.484 e. The van der Waals surface area contributed by atoms with Crippen molar-refractivity contribution in [1.82, 2.24) is 10.6 Å². The van der Waals surface area contributed by atoms with Gasteiger partial charge in [0, 0.05) is 24.2 Å². The summed E-state index contributed by atoms with van der Waals surface area (Å²) in [6, 6.07) is 5.66. The van der Waals surface area contributed by atoms with Crippen molar-refractivity contribution in [3.63, 3.8) is 0 Å². The summed E-state index contributed by atoms with van der Waals surface area (Å²) in [7, 11) is 1.60. The zero-order valence-corrected chi connectivity index (χ0v) is 14.3. The first-order chi connectivity index (χ1) is 10.1. The zero-order chi connectivity index (χ0) is 15.7. The third kappa shape index (κ3) is 6.93. The predicted octanol–water partition coefficient (Wildman–Crippen LogP) is 2.09. The van der Waals surface area contributed by atoms with Crippen LogP contribution in [0.25, 0.3) is 0 Å². The Morgan fingerprint density at radius 3 is 2.86 bits per heavy atom. The van der Waals surface area contributed by atoms with Gasteiger partial charge in [0.05, 0.1) is 6.61 Å². The predicted molar refractivity (Wildman–Crippen MR) is 86.5 cm³/mol. The van der Waals surface area contributed by atoms with Gasteiger partial charge in [-0.25, -0.2) is 0 Å². The number of nitrogens with one attached hydrogen (secondary N) is 2. The molecule has 0 aromatic heterocycles. The first-order valence-corrected chi connectivity index (χ1v) is 7.76. The van der Waals surface area contributed by atoms with Crippen molar-refractivity contribution in [1.29, 1.82) is 0 Å². The lowest BCUT2D eigenvalue weighted by Gasteiger charge is -2.14. The number of carbonyl (C=O) groups is 1. The van der Waals surface area contributed by atoms with Crippen LogP contribution in [0.4, 0.5) is 0 Å². The zero-order valence-electron chi connectivity index (χ0n) is 12.7. The minimum Gasteiger partial charge on any atom is -0.484 e. The van der Waals surface area contributed by atoms with Crippen molar-refractivity contribution < 1.29 is 14.3 Å². The first kappa shape index (κ1) is 17.9. The smallest absolute Gasteiger partial charge is 0.258 e. The van der Waals surface area contributed by atoms with E-state index in [1.807, 2.05) is 25.1 Å². The normalized spacial score (nSPS) is 12.0. The summed E-state index contributed by atoms with van der Waals surface area (Å²) < 4.78 is 11.5. The average Bonchev–Trinajstić information content (AvgIpc) is 2.45. The topological polar surface area (TPSA) is 59.6 Å². The third-order valence-corrected chi connectivity index (χ3v) is 3.55. The molecule has 1 aromatic carbocycles. The standard InChI is InChI=1S/C15H23BrN2O3/c1-4-17-8-12-7-13(5-6-14(12)16)21-10-15(19)18-11(2)9-20-3/h5-7,11,17H,4,8-10H2,1-3H3,(H,18,19). The highest BCUT2D eigenvalue weighted by atomic mass is 79.9. The van der Waals surface area contributed by atoms with E-state index in [9.17, 15) is 4.79 Å². The fraction of sp³-hybridized carbons (Fsp3) is 0.533. The molecule has 0 bridgehead atoms. The van der Waals surface area contributed by atoms with Crippen LogP contribution in [0.15, 0.2) is 22.7 Å². The molecule has 21 heavy (non-hydrogen) atoms. The summed E-state index contributed by atoms with van der Waals surface area (Å²) >= 11 is 3.50. The van der Waals surface area contributed by atoms with Crippen LogP contribution in [0.2, 0.25) is 0 Å². The summed E-state index contributed by atoms with van der Waals surface area (Å²) in [6.45, 7) is 6.07. The van der Waals surface area contributed by atoms with Crippen LogP contribution in [0.3, 0.4) is 0 Å². The Morgan fingerprint density at radius 2 is 2.19 bits per heavy atom. The summed E-state index contributed by atoms with van der Waals surface area (Å²) in [5.41, 5.74) is 1.10. The number of amides is 1. The number of hydrogen-bond donors (Lipinski definition) is 2. The molecule has 1 unspecified atom stereocenters. The molecule has 0 heterocycles. The third-order valence-electron chi connectivity index (χ3n) is 2.78. The van der Waals surface area contributed by atoms with Crippen LogP contribution < -0.4 is 15.4 Å². The molecule has 0 spiro atoms. The Hall–Kier alpha value is -1.11. The molecule has 118 valence electrons. The summed E-state index contributed by atoms with van der Waals surface area (Å²) in [6.07, 6.45) is 0. The molecule has 0 saturated carbocycles. The molecule has 2 N–H and O–H groups in total. The minimum atomic E-state index is -0.157. The van der Waals surface area contributed by atoms with Crippen LogP contribution in [-0.4, -0.2) is 38.8 Å². The van der Waals surface area contributed by atoms with E-state index in [2.05, 4.69) is 33.5 Å². The maximum atomic E-state index is 11.7. The molecule has 1 atom stereocenters. The Morgan fingerprint density at radius 1 is 1.43 bits per heavy atom. The Balaban J connectivity index is 2.49. The SMILES string of the molecule is CCNCc1cc(OCC(=O)NC(C)COC)ccc1Br. The number of benzene rings is 1. The Bertz CT molecular complexity index is 455. The van der Waals surface area contributed by atoms with Crippen LogP contribution >= 0.6 is 15.9 Å². The summed E-state index contributed by atoms with van der Waals surface area (Å²) in [5, 5.41) is 6.06. The van der Waals surface area contributed by atoms with Gasteiger partial charge in [-0.3, -0.25) is 4.79 Å². The lowest BCUT2D eigenvalue weighted by atomic mass is 10.2. The maximum Gasteiger partial charge on any atom is 0.258 e. The molecule has 0 radical (unpaired) electrons. The van der Waals surface area contributed by atoms with E-state index in [4.69, 9.17) is 9.47 Å². The fourth-order valence-corrected chi connectivity index (χ4v) is 2.18. The minimum absolute atomic E-state index is 0.00364. The average molecular weight is 359 g/mol. The highest BCUT2D eigenvalue weighted by molar-refractivity contribution is 9.10. The van der Waals surface area contributed by atoms with Gasteiger partial charge in [-0.05, 0) is 37.2 Å². The van der Waals surface area contributed by atoms with Gasteiger partial charge in [0.25, 0.3) is 5.91 Å². The highest BCUT2D eigenvalue weighted by Crippen LogP contribution is 2.22. The number of ether oxygens (including phenoxy) is 2. The van der Waals surface area contributed by atoms with E-state index >= 15 is 0 Å². The van der Waals surface area contributed by atoms with E-state index in [1.54, 1.807) is 7.11 Å². The molecule has 1 aromatic rings. The number of carbonyl (C=O) groups excluding carboxylic acids is 1. The van der Waals surface area contributed by atoms with Crippen molar-refractivity contribution in [2.24, 2.45) is 0 Å². The van der Waals surface area contributed by atoms with E-state index in [1.165, 1.54) is 0 Å². The molecule has 0 fully saturated rings. The molecule has 0 aliphatic heterocycles. The molecular weight excluding hydrogens is 336 g/mol. The number of methoxy groups -OCH3 is 1. The van der Waals surface area contributed by atoms with Gasteiger partial charge in [0.1, 0.15) is 5.75 Å². The molecular formula is C15H23BrN2O3. The van der Waals surface area contributed by atoms with Gasteiger partial charge in [-0.2, -0.15) is 0 Å². The van der Waals surface area contributed by atoms with Crippen molar-refractivity contribution in [3.8, 4) is 5.75 Å². The van der Waals surface area contributed by atoms with Crippen molar-refractivity contribution in [2.75, 3.05) is 26.9 Å². The molecule has 5 nitrogen and oxygen atoms in total. The monoisotopic (exact) mass is 358 g/mol. The molecule has 1 rings (SSSR count). The van der Waals surface area contributed by atoms with Crippen LogP contribution in [0.1, 0.15) is 19.4 Å².